The number of amides is 2. The lowest BCUT2D eigenvalue weighted by atomic mass is 10.0. The van der Waals surface area contributed by atoms with Gasteiger partial charge in [-0.3, -0.25) is 14.3 Å². The van der Waals surface area contributed by atoms with Gasteiger partial charge in [0.05, 0.1) is 29.3 Å². The van der Waals surface area contributed by atoms with E-state index in [-0.39, 0.29) is 11.8 Å². The Bertz CT molecular complexity index is 1530. The van der Waals surface area contributed by atoms with Crippen LogP contribution in [0.3, 0.4) is 0 Å². The Morgan fingerprint density at radius 2 is 2.09 bits per heavy atom. The largest absolute Gasteiger partial charge is 0.344 e. The predicted molar refractivity (Wildman–Crippen MR) is 128 cm³/mol. The van der Waals surface area contributed by atoms with Gasteiger partial charge in [-0.15, -0.1) is 0 Å². The van der Waals surface area contributed by atoms with E-state index >= 15 is 0 Å². The summed E-state index contributed by atoms with van der Waals surface area (Å²) in [5.41, 5.74) is 4.86. The molecular weight excluding hydrogens is 444 g/mol. The lowest BCUT2D eigenvalue weighted by Crippen LogP contribution is -2.55. The number of rotatable bonds is 5. The van der Waals surface area contributed by atoms with E-state index in [0.29, 0.717) is 47.1 Å². The van der Waals surface area contributed by atoms with E-state index in [1.54, 1.807) is 24.2 Å². The van der Waals surface area contributed by atoms with Crippen LogP contribution in [-0.4, -0.2) is 60.6 Å². The second-order valence-corrected chi connectivity index (χ2v) is 9.44. The minimum Gasteiger partial charge on any atom is -0.344 e. The number of nitriles is 1. The minimum absolute atomic E-state index is 0.132. The molecule has 4 heterocycles. The molecule has 2 fully saturated rings. The van der Waals surface area contributed by atoms with Gasteiger partial charge in [0.25, 0.3) is 5.91 Å². The summed E-state index contributed by atoms with van der Waals surface area (Å²) in [5, 5.41) is 17.3. The molecule has 1 aliphatic carbocycles. The molecule has 0 spiro atoms. The molecule has 2 amide bonds. The summed E-state index contributed by atoms with van der Waals surface area (Å²) in [4.78, 5) is 39.3. The first-order valence-corrected chi connectivity index (χ1v) is 11.7. The van der Waals surface area contributed by atoms with Crippen LogP contribution >= 0.6 is 0 Å². The van der Waals surface area contributed by atoms with Gasteiger partial charge in [0.1, 0.15) is 22.9 Å². The molecule has 0 bridgehead atoms. The Morgan fingerprint density at radius 1 is 1.29 bits per heavy atom. The van der Waals surface area contributed by atoms with Crippen LogP contribution in [0.25, 0.3) is 33.5 Å². The molecule has 3 aromatic heterocycles. The highest BCUT2D eigenvalue weighted by Gasteiger charge is 2.33. The topological polar surface area (TPSA) is 133 Å². The number of carbonyl (C=O) groups excluding carboxylic acids is 2. The van der Waals surface area contributed by atoms with Crippen LogP contribution in [0.5, 0.6) is 0 Å². The third-order valence-electron chi connectivity index (χ3n) is 6.89. The van der Waals surface area contributed by atoms with Crippen LogP contribution in [0, 0.1) is 17.2 Å². The predicted octanol–water partition coefficient (Wildman–Crippen LogP) is 2.49. The number of benzene rings is 1. The molecule has 1 aromatic carbocycles. The summed E-state index contributed by atoms with van der Waals surface area (Å²) in [7, 11) is 1.92. The number of aryl methyl sites for hydroxylation is 1. The molecule has 10 heteroatoms. The molecule has 4 aromatic rings. The van der Waals surface area contributed by atoms with Crippen molar-refractivity contribution in [3.8, 4) is 17.5 Å². The quantitative estimate of drug-likeness (QED) is 0.462. The van der Waals surface area contributed by atoms with Crippen molar-refractivity contribution in [1.82, 2.24) is 34.9 Å². The van der Waals surface area contributed by atoms with E-state index < -0.39 is 11.9 Å². The zero-order valence-electron chi connectivity index (χ0n) is 19.4. The standard InChI is InChI=1S/C25H24N8O2/c1-13(25(35)33-11-14(8-26)12-33)29-24(34)18-9-27-23-22(18)30-19(10-28-23)21-17-6-5-16(15-3-4-15)7-20(17)32(2)31-21/h5-7,9-10,13-15H,3-4,11-12H2,1-2H3,(H,27,28)(H,29,34)/t13-/m1/s1. The lowest BCUT2D eigenvalue weighted by Gasteiger charge is -2.37. The van der Waals surface area contributed by atoms with E-state index in [0.717, 1.165) is 10.9 Å². The summed E-state index contributed by atoms with van der Waals surface area (Å²) in [6.07, 6.45) is 5.67. The molecule has 176 valence electrons. The number of hydrogen-bond acceptors (Lipinski definition) is 6. The van der Waals surface area contributed by atoms with E-state index in [2.05, 4.69) is 39.6 Å². The molecule has 0 radical (unpaired) electrons. The number of nitrogens with zero attached hydrogens (tertiary/aromatic N) is 6. The fraction of sp³-hybridized carbons (Fsp3) is 0.360. The fourth-order valence-corrected chi connectivity index (χ4v) is 4.66. The van der Waals surface area contributed by atoms with Gasteiger partial charge in [0, 0.05) is 31.7 Å². The molecular formula is C25H24N8O2. The number of carbonyl (C=O) groups is 2. The summed E-state index contributed by atoms with van der Waals surface area (Å²) >= 11 is 0. The summed E-state index contributed by atoms with van der Waals surface area (Å²) < 4.78 is 1.85. The maximum absolute atomic E-state index is 13.0. The number of hydrogen-bond donors (Lipinski definition) is 2. The third-order valence-corrected chi connectivity index (χ3v) is 6.89. The number of likely N-dealkylation sites (tertiary alicyclic amines) is 1. The van der Waals surface area contributed by atoms with Gasteiger partial charge in [0.2, 0.25) is 5.91 Å². The van der Waals surface area contributed by atoms with E-state index in [4.69, 9.17) is 15.3 Å². The highest BCUT2D eigenvalue weighted by molar-refractivity contribution is 6.06. The Hall–Kier alpha value is -4.26. The molecule has 1 saturated carbocycles. The smallest absolute Gasteiger partial charge is 0.255 e. The Labute approximate surface area is 201 Å². The molecule has 2 aliphatic rings. The SMILES string of the molecule is C[C@@H](NC(=O)c1c[nH]c2ncc(-c3nn(C)c4cc(C5CC5)ccc34)nc12)C(=O)N1CC(C#N)C1. The molecule has 2 N–H and O–H groups in total. The summed E-state index contributed by atoms with van der Waals surface area (Å²) in [6, 6.07) is 7.86. The third kappa shape index (κ3) is 3.60. The highest BCUT2D eigenvalue weighted by Crippen LogP contribution is 2.41. The van der Waals surface area contributed by atoms with Crippen LogP contribution in [0.1, 0.15) is 41.6 Å². The average molecular weight is 469 g/mol. The molecule has 35 heavy (non-hydrogen) atoms. The van der Waals surface area contributed by atoms with Crippen molar-refractivity contribution in [3.63, 3.8) is 0 Å². The van der Waals surface area contributed by atoms with Crippen molar-refractivity contribution in [2.45, 2.75) is 31.7 Å². The zero-order chi connectivity index (χ0) is 24.3. The molecule has 10 nitrogen and oxygen atoms in total. The van der Waals surface area contributed by atoms with E-state index in [9.17, 15) is 9.59 Å². The van der Waals surface area contributed by atoms with Crippen molar-refractivity contribution in [2.75, 3.05) is 13.1 Å². The first-order chi connectivity index (χ1) is 16.9. The van der Waals surface area contributed by atoms with Crippen LogP contribution < -0.4 is 5.32 Å². The second kappa shape index (κ2) is 7.91. The molecule has 1 saturated heterocycles. The van der Waals surface area contributed by atoms with Crippen molar-refractivity contribution in [3.05, 3.63) is 41.7 Å². The van der Waals surface area contributed by atoms with Gasteiger partial charge in [-0.25, -0.2) is 9.97 Å². The van der Waals surface area contributed by atoms with Crippen molar-refractivity contribution >= 4 is 33.9 Å². The van der Waals surface area contributed by atoms with Gasteiger partial charge < -0.3 is 15.2 Å². The number of aromatic amines is 1. The highest BCUT2D eigenvalue weighted by atomic mass is 16.2. The van der Waals surface area contributed by atoms with E-state index in [1.165, 1.54) is 18.4 Å². The van der Waals surface area contributed by atoms with Gasteiger partial charge >= 0.3 is 0 Å². The normalized spacial score (nSPS) is 16.8. The zero-order valence-corrected chi connectivity index (χ0v) is 19.4. The van der Waals surface area contributed by atoms with Crippen LogP contribution in [0.4, 0.5) is 0 Å². The molecule has 6 rings (SSSR count). The van der Waals surface area contributed by atoms with Crippen molar-refractivity contribution < 1.29 is 9.59 Å². The summed E-state index contributed by atoms with van der Waals surface area (Å²) in [5.74, 6) is -0.104. The second-order valence-electron chi connectivity index (χ2n) is 9.44. The first kappa shape index (κ1) is 21.3. The average Bonchev–Trinajstić information content (AvgIpc) is 3.51. The van der Waals surface area contributed by atoms with Crippen LogP contribution in [-0.2, 0) is 11.8 Å². The van der Waals surface area contributed by atoms with Crippen molar-refractivity contribution in [2.24, 2.45) is 13.0 Å². The fourth-order valence-electron chi connectivity index (χ4n) is 4.66. The minimum atomic E-state index is -0.719. The van der Waals surface area contributed by atoms with Gasteiger partial charge in [-0.2, -0.15) is 10.4 Å². The van der Waals surface area contributed by atoms with Crippen molar-refractivity contribution in [1.29, 1.82) is 5.26 Å². The monoisotopic (exact) mass is 468 g/mol. The summed E-state index contributed by atoms with van der Waals surface area (Å²) in [6.45, 7) is 2.44. The Morgan fingerprint density at radius 3 is 2.83 bits per heavy atom. The Balaban J connectivity index is 1.28. The Kier molecular flexibility index (Phi) is 4.81. The van der Waals surface area contributed by atoms with Gasteiger partial charge in [-0.1, -0.05) is 12.1 Å². The maximum Gasteiger partial charge on any atom is 0.255 e. The first-order valence-electron chi connectivity index (χ1n) is 11.7. The number of aromatic nitrogens is 5. The van der Waals surface area contributed by atoms with Gasteiger partial charge in [0.15, 0.2) is 5.65 Å². The number of H-pyrrole nitrogens is 1. The molecule has 1 aliphatic heterocycles. The number of fused-ring (bicyclic) bond motifs is 2. The van der Waals surface area contributed by atoms with Crippen LogP contribution in [0.2, 0.25) is 0 Å². The number of nitrogens with one attached hydrogen (secondary N) is 2. The maximum atomic E-state index is 13.0. The lowest BCUT2D eigenvalue weighted by molar-refractivity contribution is -0.137. The van der Waals surface area contributed by atoms with Crippen LogP contribution in [0.15, 0.2) is 30.6 Å². The van der Waals surface area contributed by atoms with E-state index in [1.807, 2.05) is 11.7 Å². The molecule has 1 atom stereocenters. The molecule has 0 unspecified atom stereocenters. The van der Waals surface area contributed by atoms with Gasteiger partial charge in [-0.05, 0) is 37.3 Å².